The van der Waals surface area contributed by atoms with Gasteiger partial charge in [0.15, 0.2) is 6.61 Å². The van der Waals surface area contributed by atoms with Crippen LogP contribution in [0.2, 0.25) is 5.02 Å². The molecule has 0 saturated heterocycles. The zero-order valence-electron chi connectivity index (χ0n) is 21.0. The largest absolute Gasteiger partial charge is 0.483 e. The fourth-order valence-corrected chi connectivity index (χ4v) is 4.07. The molecule has 0 saturated carbocycles. The number of rotatable bonds is 10. The van der Waals surface area contributed by atoms with Gasteiger partial charge in [-0.1, -0.05) is 64.4 Å². The molecule has 5 nitrogen and oxygen atoms in total. The Morgan fingerprint density at radius 3 is 2.26 bits per heavy atom. The van der Waals surface area contributed by atoms with Crippen LogP contribution in [0.5, 0.6) is 5.75 Å². The molecule has 2 aromatic rings. The Hall–Kier alpha value is -2.05. The molecule has 0 heterocycles. The maximum Gasteiger partial charge on any atom is 0.261 e. The fraction of sp³-hybridized carbons (Fsp3) is 0.481. The van der Waals surface area contributed by atoms with Crippen LogP contribution >= 0.6 is 27.5 Å². The predicted octanol–water partition coefficient (Wildman–Crippen LogP) is 6.50. The molecule has 1 N–H and O–H groups in total. The maximum absolute atomic E-state index is 13.4. The molecular weight excluding hydrogens is 516 g/mol. The number of ether oxygens (including phenoxy) is 1. The van der Waals surface area contributed by atoms with E-state index in [1.54, 1.807) is 17.0 Å². The van der Waals surface area contributed by atoms with Gasteiger partial charge in [-0.15, -0.1) is 0 Å². The van der Waals surface area contributed by atoms with Gasteiger partial charge in [0.1, 0.15) is 11.8 Å². The molecule has 0 aromatic heterocycles. The summed E-state index contributed by atoms with van der Waals surface area (Å²) in [4.78, 5) is 28.0. The summed E-state index contributed by atoms with van der Waals surface area (Å²) in [7, 11) is 0. The third-order valence-corrected chi connectivity index (χ3v) is 6.67. The number of nitrogens with zero attached hydrogens (tertiary/aromatic N) is 1. The zero-order chi connectivity index (χ0) is 25.5. The van der Waals surface area contributed by atoms with Gasteiger partial charge < -0.3 is 15.0 Å². The van der Waals surface area contributed by atoms with Gasteiger partial charge in [0, 0.05) is 17.6 Å². The van der Waals surface area contributed by atoms with Crippen LogP contribution in [-0.2, 0) is 21.5 Å². The highest BCUT2D eigenvalue weighted by molar-refractivity contribution is 9.10. The number of hydrogen-bond acceptors (Lipinski definition) is 3. The number of carbonyl (C=O) groups is 2. The SMILES string of the molecule is CC[C@@H](C)NC(=O)[C@@H](CC)N(Cc1ccc(Cl)cc1)C(=O)COc1ccc(C(C)(C)C)cc1Br. The highest BCUT2D eigenvalue weighted by Gasteiger charge is 2.29. The minimum Gasteiger partial charge on any atom is -0.483 e. The van der Waals surface area contributed by atoms with Crippen molar-refractivity contribution < 1.29 is 14.3 Å². The number of benzene rings is 2. The predicted molar refractivity (Wildman–Crippen MR) is 142 cm³/mol. The van der Waals surface area contributed by atoms with Crippen molar-refractivity contribution in [1.29, 1.82) is 0 Å². The third-order valence-electron chi connectivity index (χ3n) is 5.80. The lowest BCUT2D eigenvalue weighted by Gasteiger charge is -2.31. The monoisotopic (exact) mass is 550 g/mol. The molecule has 0 unspecified atom stereocenters. The molecule has 7 heteroatoms. The molecule has 0 fully saturated rings. The van der Waals surface area contributed by atoms with Crippen LogP contribution in [-0.4, -0.2) is 35.4 Å². The lowest BCUT2D eigenvalue weighted by Crippen LogP contribution is -2.51. The van der Waals surface area contributed by atoms with Crippen molar-refractivity contribution in [2.45, 2.75) is 78.4 Å². The maximum atomic E-state index is 13.4. The molecule has 34 heavy (non-hydrogen) atoms. The summed E-state index contributed by atoms with van der Waals surface area (Å²) in [5.74, 6) is 0.174. The lowest BCUT2D eigenvalue weighted by atomic mass is 9.87. The van der Waals surface area contributed by atoms with Gasteiger partial charge in [0.05, 0.1) is 4.47 Å². The van der Waals surface area contributed by atoms with Crippen LogP contribution in [0, 0.1) is 0 Å². The number of amides is 2. The van der Waals surface area contributed by atoms with E-state index in [1.165, 1.54) is 0 Å². The summed E-state index contributed by atoms with van der Waals surface area (Å²) in [6.45, 7) is 12.4. The Labute approximate surface area is 217 Å². The summed E-state index contributed by atoms with van der Waals surface area (Å²) in [6, 6.07) is 12.6. The second-order valence-electron chi connectivity index (χ2n) is 9.57. The molecular formula is C27H36BrClN2O3. The topological polar surface area (TPSA) is 58.6 Å². The van der Waals surface area contributed by atoms with E-state index >= 15 is 0 Å². The zero-order valence-corrected chi connectivity index (χ0v) is 23.3. The van der Waals surface area contributed by atoms with Gasteiger partial charge in [0.25, 0.3) is 5.91 Å². The number of halogens is 2. The summed E-state index contributed by atoms with van der Waals surface area (Å²) in [5.41, 5.74) is 2.06. The van der Waals surface area contributed by atoms with Crippen LogP contribution in [0.3, 0.4) is 0 Å². The Morgan fingerprint density at radius 2 is 1.74 bits per heavy atom. The van der Waals surface area contributed by atoms with E-state index in [0.29, 0.717) is 17.2 Å². The normalized spacial score (nSPS) is 13.2. The van der Waals surface area contributed by atoms with E-state index in [9.17, 15) is 9.59 Å². The van der Waals surface area contributed by atoms with E-state index in [1.807, 2.05) is 51.1 Å². The van der Waals surface area contributed by atoms with Crippen molar-refractivity contribution in [3.05, 3.63) is 63.1 Å². The Morgan fingerprint density at radius 1 is 1.09 bits per heavy atom. The number of nitrogens with one attached hydrogen (secondary N) is 1. The molecule has 0 radical (unpaired) electrons. The first-order chi connectivity index (χ1) is 16.0. The van der Waals surface area contributed by atoms with Crippen molar-refractivity contribution in [3.8, 4) is 5.75 Å². The van der Waals surface area contributed by atoms with Crippen molar-refractivity contribution in [3.63, 3.8) is 0 Å². The highest BCUT2D eigenvalue weighted by Crippen LogP contribution is 2.31. The van der Waals surface area contributed by atoms with E-state index in [4.69, 9.17) is 16.3 Å². The lowest BCUT2D eigenvalue weighted by molar-refractivity contribution is -0.143. The molecule has 0 bridgehead atoms. The second kappa shape index (κ2) is 12.6. The van der Waals surface area contributed by atoms with Crippen molar-refractivity contribution in [1.82, 2.24) is 10.2 Å². The molecule has 0 aliphatic carbocycles. The molecule has 2 rings (SSSR count). The van der Waals surface area contributed by atoms with E-state index in [-0.39, 0.29) is 36.4 Å². The molecule has 0 spiro atoms. The van der Waals surface area contributed by atoms with Crippen molar-refractivity contribution >= 4 is 39.3 Å². The quantitative estimate of drug-likeness (QED) is 0.367. The van der Waals surface area contributed by atoms with E-state index in [0.717, 1.165) is 22.0 Å². The van der Waals surface area contributed by atoms with Crippen LogP contribution in [0.25, 0.3) is 0 Å². The van der Waals surface area contributed by atoms with E-state index in [2.05, 4.69) is 42.0 Å². The van der Waals surface area contributed by atoms with Gasteiger partial charge in [-0.05, 0) is 76.5 Å². The first-order valence-corrected chi connectivity index (χ1v) is 12.9. The fourth-order valence-electron chi connectivity index (χ4n) is 3.45. The first kappa shape index (κ1) is 28.2. The molecule has 2 aromatic carbocycles. The molecule has 2 amide bonds. The standard InChI is InChI=1S/C27H36BrClN2O3/c1-7-18(3)30-26(33)23(8-2)31(16-19-9-12-21(29)13-10-19)25(32)17-34-24-14-11-20(15-22(24)28)27(4,5)6/h9-15,18,23H,7-8,16-17H2,1-6H3,(H,30,33)/t18-,23-/m1/s1. The Bertz CT molecular complexity index is 973. The minimum absolute atomic E-state index is 0.00356. The van der Waals surface area contributed by atoms with Crippen molar-refractivity contribution in [2.24, 2.45) is 0 Å². The number of hydrogen-bond donors (Lipinski definition) is 1. The summed E-state index contributed by atoms with van der Waals surface area (Å²) < 4.78 is 6.68. The minimum atomic E-state index is -0.604. The van der Waals surface area contributed by atoms with Gasteiger partial charge in [-0.25, -0.2) is 0 Å². The molecule has 0 aliphatic rings. The van der Waals surface area contributed by atoms with Crippen LogP contribution in [0.4, 0.5) is 0 Å². The van der Waals surface area contributed by atoms with Crippen LogP contribution < -0.4 is 10.1 Å². The summed E-state index contributed by atoms with van der Waals surface area (Å²) in [6.07, 6.45) is 1.31. The average Bonchev–Trinajstić information content (AvgIpc) is 2.78. The summed E-state index contributed by atoms with van der Waals surface area (Å²) >= 11 is 9.59. The Balaban J connectivity index is 2.24. The van der Waals surface area contributed by atoms with Crippen LogP contribution in [0.15, 0.2) is 46.9 Å². The van der Waals surface area contributed by atoms with Gasteiger partial charge in [-0.2, -0.15) is 0 Å². The van der Waals surface area contributed by atoms with Crippen molar-refractivity contribution in [2.75, 3.05) is 6.61 Å². The van der Waals surface area contributed by atoms with E-state index < -0.39 is 6.04 Å². The highest BCUT2D eigenvalue weighted by atomic mass is 79.9. The molecule has 2 atom stereocenters. The van der Waals surface area contributed by atoms with Crippen LogP contribution in [0.1, 0.15) is 65.5 Å². The smallest absolute Gasteiger partial charge is 0.261 e. The molecule has 186 valence electrons. The Kier molecular flexibility index (Phi) is 10.4. The third kappa shape index (κ3) is 8.02. The van der Waals surface area contributed by atoms with Gasteiger partial charge in [0.2, 0.25) is 5.91 Å². The second-order valence-corrected chi connectivity index (χ2v) is 10.9. The average molecular weight is 552 g/mol. The van der Waals surface area contributed by atoms with Gasteiger partial charge >= 0.3 is 0 Å². The number of carbonyl (C=O) groups excluding carboxylic acids is 2. The summed E-state index contributed by atoms with van der Waals surface area (Å²) in [5, 5.41) is 3.63. The molecule has 0 aliphatic heterocycles. The van der Waals surface area contributed by atoms with Gasteiger partial charge in [-0.3, -0.25) is 9.59 Å². The first-order valence-electron chi connectivity index (χ1n) is 11.7.